The first kappa shape index (κ1) is 25.3. The first-order valence-corrected chi connectivity index (χ1v) is 12.9. The van der Waals surface area contributed by atoms with Crippen LogP contribution < -0.4 is 15.0 Å². The van der Waals surface area contributed by atoms with Crippen molar-refractivity contribution in [3.63, 3.8) is 0 Å². The Morgan fingerprint density at radius 3 is 2.74 bits per heavy atom. The summed E-state index contributed by atoms with van der Waals surface area (Å²) in [6, 6.07) is 10.7. The van der Waals surface area contributed by atoms with Crippen molar-refractivity contribution in [3.8, 4) is 11.5 Å². The third kappa shape index (κ3) is 5.90. The second kappa shape index (κ2) is 11.3. The van der Waals surface area contributed by atoms with E-state index in [0.717, 1.165) is 22.3 Å². The Kier molecular flexibility index (Phi) is 8.19. The fourth-order valence-electron chi connectivity index (χ4n) is 3.72. The Balaban J connectivity index is 1.47. The number of morpholine rings is 1. The van der Waals surface area contributed by atoms with Crippen LogP contribution in [0.15, 0.2) is 41.3 Å². The molecule has 11 heteroatoms. The van der Waals surface area contributed by atoms with Crippen LogP contribution in [0.5, 0.6) is 11.5 Å². The number of nitrogens with one attached hydrogen (secondary N) is 1. The highest BCUT2D eigenvalue weighted by molar-refractivity contribution is 14.1. The summed E-state index contributed by atoms with van der Waals surface area (Å²) >= 11 is 2.74. The molecule has 0 unspecified atom stereocenters. The molecular weight excluding hydrogens is 585 g/mol. The number of halogens is 1. The van der Waals surface area contributed by atoms with E-state index in [2.05, 4.69) is 10.2 Å². The number of para-hydroxylation sites is 2. The van der Waals surface area contributed by atoms with Crippen molar-refractivity contribution < 1.29 is 29.0 Å². The van der Waals surface area contributed by atoms with E-state index < -0.39 is 23.6 Å². The summed E-state index contributed by atoms with van der Waals surface area (Å²) in [7, 11) is 0. The molecule has 2 aliphatic rings. The van der Waals surface area contributed by atoms with Crippen LogP contribution in [0, 0.1) is 3.57 Å². The number of thioether (sulfide) groups is 1. The topological polar surface area (TPSA) is 108 Å². The first-order valence-electron chi connectivity index (χ1n) is 11.0. The monoisotopic (exact) mass is 609 g/mol. The number of carbonyl (C=O) groups excluding carboxylic acids is 3. The van der Waals surface area contributed by atoms with Crippen molar-refractivity contribution in [1.82, 2.24) is 4.90 Å². The largest absolute Gasteiger partial charge is 0.504 e. The molecule has 2 saturated heterocycles. The zero-order chi connectivity index (χ0) is 24.9. The van der Waals surface area contributed by atoms with Gasteiger partial charge in [0.15, 0.2) is 11.5 Å². The molecule has 3 amide bonds. The van der Waals surface area contributed by atoms with Gasteiger partial charge in [0, 0.05) is 13.1 Å². The van der Waals surface area contributed by atoms with Gasteiger partial charge in [0.1, 0.15) is 6.54 Å². The smallest absolute Gasteiger partial charge is 0.294 e. The number of nitrogens with zero attached hydrogens (tertiary/aromatic N) is 2. The number of hydrogen-bond acceptors (Lipinski definition) is 8. The Morgan fingerprint density at radius 2 is 2.00 bits per heavy atom. The van der Waals surface area contributed by atoms with Gasteiger partial charge < -0.3 is 24.8 Å². The van der Waals surface area contributed by atoms with Gasteiger partial charge in [-0.2, -0.15) is 0 Å². The predicted octanol–water partition coefficient (Wildman–Crippen LogP) is 3.91. The molecule has 0 spiro atoms. The van der Waals surface area contributed by atoms with Gasteiger partial charge in [-0.1, -0.05) is 12.1 Å². The summed E-state index contributed by atoms with van der Waals surface area (Å²) in [5.41, 5.74) is 2.08. The van der Waals surface area contributed by atoms with Crippen molar-refractivity contribution in [2.24, 2.45) is 0 Å². The number of hydrogen-bond donors (Lipinski definition) is 2. The standard InChI is InChI=1S/C24H24IN3O6S/c1-2-34-19-12-15(11-16(25)22(19)30)13-20-23(31)28(24(32)35-20)14-21(29)26-17-5-3-4-6-18(17)27-7-9-33-10-8-27/h3-6,11-13,30H,2,7-10,14H2,1H3,(H,26,29)/b20-13+. The molecule has 35 heavy (non-hydrogen) atoms. The quantitative estimate of drug-likeness (QED) is 0.360. The summed E-state index contributed by atoms with van der Waals surface area (Å²) in [5.74, 6) is -0.695. The average molecular weight is 609 g/mol. The van der Waals surface area contributed by atoms with Crippen molar-refractivity contribution >= 4 is 68.9 Å². The van der Waals surface area contributed by atoms with Gasteiger partial charge >= 0.3 is 0 Å². The minimum absolute atomic E-state index is 0.0201. The third-order valence-electron chi connectivity index (χ3n) is 5.35. The van der Waals surface area contributed by atoms with Crippen molar-refractivity contribution in [1.29, 1.82) is 0 Å². The molecule has 0 saturated carbocycles. The third-order valence-corrected chi connectivity index (χ3v) is 7.08. The van der Waals surface area contributed by atoms with Crippen LogP contribution in [0.1, 0.15) is 12.5 Å². The number of phenols is 1. The van der Waals surface area contributed by atoms with Crippen molar-refractivity contribution in [2.75, 3.05) is 49.7 Å². The number of imide groups is 1. The molecule has 0 bridgehead atoms. The van der Waals surface area contributed by atoms with E-state index in [1.54, 1.807) is 31.2 Å². The van der Waals surface area contributed by atoms with Gasteiger partial charge in [0.25, 0.3) is 11.1 Å². The number of aromatic hydroxyl groups is 1. The number of ether oxygens (including phenoxy) is 2. The van der Waals surface area contributed by atoms with Crippen LogP contribution in [-0.2, 0) is 14.3 Å². The van der Waals surface area contributed by atoms with Crippen LogP contribution in [0.2, 0.25) is 0 Å². The van der Waals surface area contributed by atoms with Gasteiger partial charge in [0.2, 0.25) is 5.91 Å². The SMILES string of the molecule is CCOc1cc(/C=C2/SC(=O)N(CC(=O)Nc3ccccc3N3CCOCC3)C2=O)cc(I)c1O. The lowest BCUT2D eigenvalue weighted by Crippen LogP contribution is -2.38. The molecule has 2 aromatic rings. The summed E-state index contributed by atoms with van der Waals surface area (Å²) in [6.45, 7) is 4.41. The molecule has 0 radical (unpaired) electrons. The second-order valence-corrected chi connectivity index (χ2v) is 9.87. The van der Waals surface area contributed by atoms with E-state index in [1.807, 2.05) is 40.8 Å². The highest BCUT2D eigenvalue weighted by Crippen LogP contribution is 2.36. The number of phenolic OH excluding ortho intramolecular Hbond substituents is 1. The van der Waals surface area contributed by atoms with Gasteiger partial charge in [-0.25, -0.2) is 0 Å². The molecule has 2 fully saturated rings. The lowest BCUT2D eigenvalue weighted by atomic mass is 10.2. The Bertz CT molecular complexity index is 1180. The van der Waals surface area contributed by atoms with Gasteiger partial charge in [-0.15, -0.1) is 0 Å². The van der Waals surface area contributed by atoms with Crippen molar-refractivity contribution in [2.45, 2.75) is 6.92 Å². The fraction of sp³-hybridized carbons (Fsp3) is 0.292. The van der Waals surface area contributed by atoms with Gasteiger partial charge in [-0.05, 0) is 77.2 Å². The summed E-state index contributed by atoms with van der Waals surface area (Å²) in [5, 5.41) is 12.4. The molecule has 4 rings (SSSR count). The van der Waals surface area contributed by atoms with E-state index >= 15 is 0 Å². The lowest BCUT2D eigenvalue weighted by molar-refractivity contribution is -0.127. The fourth-order valence-corrected chi connectivity index (χ4v) is 5.19. The number of rotatable bonds is 7. The molecule has 9 nitrogen and oxygen atoms in total. The zero-order valence-corrected chi connectivity index (χ0v) is 21.9. The van der Waals surface area contributed by atoms with Gasteiger partial charge in [-0.3, -0.25) is 19.3 Å². The minimum atomic E-state index is -0.544. The summed E-state index contributed by atoms with van der Waals surface area (Å²) < 4.78 is 11.4. The van der Waals surface area contributed by atoms with Crippen LogP contribution in [0.4, 0.5) is 16.2 Å². The Hall–Kier alpha value is -2.77. The summed E-state index contributed by atoms with van der Waals surface area (Å²) in [4.78, 5) is 41.5. The highest BCUT2D eigenvalue weighted by atomic mass is 127. The average Bonchev–Trinajstić information content (AvgIpc) is 3.10. The normalized spacial score (nSPS) is 17.3. The molecule has 2 aromatic carbocycles. The summed E-state index contributed by atoms with van der Waals surface area (Å²) in [6.07, 6.45) is 1.56. The van der Waals surface area contributed by atoms with E-state index in [9.17, 15) is 19.5 Å². The van der Waals surface area contributed by atoms with Crippen LogP contribution in [0.25, 0.3) is 6.08 Å². The van der Waals surface area contributed by atoms with Crippen molar-refractivity contribution in [3.05, 3.63) is 50.4 Å². The number of amides is 3. The maximum absolute atomic E-state index is 12.9. The minimum Gasteiger partial charge on any atom is -0.504 e. The van der Waals surface area contributed by atoms with E-state index in [4.69, 9.17) is 9.47 Å². The van der Waals surface area contributed by atoms with Crippen LogP contribution >= 0.6 is 34.4 Å². The number of benzene rings is 2. The predicted molar refractivity (Wildman–Crippen MR) is 143 cm³/mol. The van der Waals surface area contributed by atoms with E-state index in [-0.39, 0.29) is 10.7 Å². The number of anilines is 2. The molecule has 184 valence electrons. The molecule has 0 aliphatic carbocycles. The lowest BCUT2D eigenvalue weighted by Gasteiger charge is -2.30. The maximum Gasteiger partial charge on any atom is 0.294 e. The van der Waals surface area contributed by atoms with Gasteiger partial charge in [0.05, 0.1) is 39.7 Å². The molecule has 2 aliphatic heterocycles. The Labute approximate surface area is 220 Å². The molecule has 0 aromatic heterocycles. The first-order chi connectivity index (χ1) is 16.9. The molecular formula is C24H24IN3O6S. The van der Waals surface area contributed by atoms with Crippen LogP contribution in [-0.4, -0.2) is 66.5 Å². The second-order valence-electron chi connectivity index (χ2n) is 7.72. The van der Waals surface area contributed by atoms with E-state index in [0.29, 0.717) is 53.5 Å². The number of carbonyl (C=O) groups is 3. The molecule has 2 heterocycles. The molecule has 0 atom stereocenters. The molecule has 2 N–H and O–H groups in total. The van der Waals surface area contributed by atoms with E-state index in [1.165, 1.54) is 0 Å². The Morgan fingerprint density at radius 1 is 1.26 bits per heavy atom. The maximum atomic E-state index is 12.9. The zero-order valence-electron chi connectivity index (χ0n) is 19.0. The highest BCUT2D eigenvalue weighted by Gasteiger charge is 2.36. The van der Waals surface area contributed by atoms with Crippen LogP contribution in [0.3, 0.4) is 0 Å².